The second-order valence-electron chi connectivity index (χ2n) is 24.7. The van der Waals surface area contributed by atoms with Crippen LogP contribution in [-0.4, -0.2) is 122 Å². The molecular formula is C58H92N8O13S. The van der Waals surface area contributed by atoms with E-state index >= 15 is 0 Å². The molecule has 0 radical (unpaired) electrons. The molecule has 448 valence electrons. The lowest BCUT2D eigenvalue weighted by Crippen LogP contribution is -2.59. The van der Waals surface area contributed by atoms with E-state index < -0.39 is 87.9 Å². The number of carbonyl (C=O) groups excluding carboxylic acids is 8. The van der Waals surface area contributed by atoms with Crippen LogP contribution in [-0.2, 0) is 59.9 Å². The Balaban J connectivity index is 0.00000185. The zero-order valence-corrected chi connectivity index (χ0v) is 49.9. The number of likely N-dealkylation sites (tertiary alicyclic amines) is 1. The molecule has 6 rings (SSSR count). The molecule has 1 aromatic rings. The van der Waals surface area contributed by atoms with Gasteiger partial charge in [-0.15, -0.1) is 0 Å². The lowest BCUT2D eigenvalue weighted by Gasteiger charge is -2.58. The molecule has 3 saturated carbocycles. The Kier molecular flexibility index (Phi) is 23.3. The molecule has 1 saturated heterocycles. The summed E-state index contributed by atoms with van der Waals surface area (Å²) in [6.45, 7) is 18.8. The van der Waals surface area contributed by atoms with Gasteiger partial charge in [-0.2, -0.15) is 0 Å². The third-order valence-electron chi connectivity index (χ3n) is 18.1. The maximum absolute atomic E-state index is 14.3. The number of hydrogen-bond donors (Lipinski definition) is 6. The third kappa shape index (κ3) is 17.3. The number of carbonyl (C=O) groups is 8. The molecule has 80 heavy (non-hydrogen) atoms. The van der Waals surface area contributed by atoms with E-state index in [9.17, 15) is 51.3 Å². The molecule has 0 bridgehead atoms. The molecular weight excluding hydrogens is 1050 g/mol. The maximum atomic E-state index is 14.3. The first-order valence-electron chi connectivity index (χ1n) is 28.9. The van der Waals surface area contributed by atoms with Crippen molar-refractivity contribution in [3.63, 3.8) is 0 Å². The fraction of sp³-hybridized carbons (Fsp3) is 0.741. The molecule has 4 fully saturated rings. The highest BCUT2D eigenvalue weighted by Gasteiger charge is 2.59. The van der Waals surface area contributed by atoms with Crippen LogP contribution in [0.25, 0.3) is 0 Å². The van der Waals surface area contributed by atoms with Gasteiger partial charge in [-0.05, 0) is 143 Å². The Morgan fingerprint density at radius 1 is 0.825 bits per heavy atom. The molecule has 4 aliphatic carbocycles. The average molecular weight is 1140 g/mol. The summed E-state index contributed by atoms with van der Waals surface area (Å²) in [5.74, 6) is -0.515. The van der Waals surface area contributed by atoms with E-state index in [0.717, 1.165) is 50.0 Å². The summed E-state index contributed by atoms with van der Waals surface area (Å²) in [6, 6.07) is -2.20. The Morgan fingerprint density at radius 2 is 1.49 bits per heavy atom. The monoisotopic (exact) mass is 1140 g/mol. The molecule has 2 heterocycles. The summed E-state index contributed by atoms with van der Waals surface area (Å²) >= 11 is 0. The van der Waals surface area contributed by atoms with Gasteiger partial charge < -0.3 is 46.5 Å². The van der Waals surface area contributed by atoms with Crippen molar-refractivity contribution in [3.05, 3.63) is 41.7 Å². The zero-order chi connectivity index (χ0) is 59.4. The van der Waals surface area contributed by atoms with Gasteiger partial charge in [0.25, 0.3) is 5.91 Å². The lowest BCUT2D eigenvalue weighted by molar-refractivity contribution is -0.671. The number of pyridine rings is 1. The summed E-state index contributed by atoms with van der Waals surface area (Å²) in [5, 5.41) is 13.2. The average Bonchev–Trinajstić information content (AvgIpc) is 4.00. The molecule has 7 amide bonds. The molecule has 0 aromatic carbocycles. The second-order valence-corrected chi connectivity index (χ2v) is 25.9. The van der Waals surface area contributed by atoms with Gasteiger partial charge in [0.05, 0.1) is 7.11 Å². The lowest BCUT2D eigenvalue weighted by atomic mass is 9.47. The van der Waals surface area contributed by atoms with Crippen molar-refractivity contribution in [1.82, 2.24) is 31.5 Å². The first-order valence-corrected chi connectivity index (χ1v) is 30.2. The number of esters is 1. The van der Waals surface area contributed by atoms with Gasteiger partial charge in [-0.1, -0.05) is 73.0 Å². The summed E-state index contributed by atoms with van der Waals surface area (Å²) in [7, 11) is -1.85. The highest BCUT2D eigenvalue weighted by Crippen LogP contribution is 2.67. The van der Waals surface area contributed by atoms with Crippen molar-refractivity contribution in [2.75, 3.05) is 20.2 Å². The number of fused-ring (bicyclic) bond motifs is 5. The van der Waals surface area contributed by atoms with Crippen LogP contribution in [0.1, 0.15) is 169 Å². The number of allylic oxidation sites excluding steroid dienone is 1. The number of primary amides is 1. The Hall–Kier alpha value is -5.48. The number of nitrogens with one attached hydrogen (secondary N) is 5. The normalized spacial score (nSPS) is 27.0. The highest BCUT2D eigenvalue weighted by molar-refractivity contribution is 7.80. The van der Waals surface area contributed by atoms with Crippen LogP contribution in [0, 0.1) is 52.3 Å². The maximum Gasteiger partial charge on any atom is 0.325 e. The van der Waals surface area contributed by atoms with E-state index in [-0.39, 0.29) is 49.8 Å². The fourth-order valence-corrected chi connectivity index (χ4v) is 13.8. The van der Waals surface area contributed by atoms with E-state index in [0.29, 0.717) is 42.1 Å². The van der Waals surface area contributed by atoms with Crippen molar-refractivity contribution < 1.29 is 64.8 Å². The highest BCUT2D eigenvalue weighted by atomic mass is 32.3. The molecule has 13 atom stereocenters. The molecule has 0 unspecified atom stereocenters. The number of amides is 7. The SMILES string of the molecule is CC(C)CC[C@@H](C)[C@H]1CC[C@H]2[C@@H]3CC=C4C[C@H](OC(=O)CNC(=O)[C@@H]5CCCN5C(=O)[C@H](CC(C)C)NC(=O)[C@H](CCC(N)=O)NC(=O)[C@H](C)NC(=O)[C@H](C)NC(=O)c5ccc[n+](C)c5)CC[C@]4(C)[C@H]3CC[C@]12C.COS(=O)(=O)[O-]. The Labute approximate surface area is 474 Å². The van der Waals surface area contributed by atoms with Gasteiger partial charge in [0.2, 0.25) is 45.8 Å². The molecule has 0 spiro atoms. The number of ether oxygens (including phenoxy) is 1. The molecule has 22 heteroatoms. The zero-order valence-electron chi connectivity index (χ0n) is 49.1. The standard InChI is InChI=1S/C57H88N8O9.CH4O4S/c1-33(2)15-16-35(5)42-19-20-43-41-18-17-39-30-40(23-25-56(39,8)44(41)24-26-57(42,43)9)74-49(67)31-59-54(72)47-14-12-28-65(47)55(73)46(29-34(3)4)63-53(71)45(21-22-48(58)66)62-51(69)37(7)60-50(68)36(6)61-52(70)38-13-11-27-64(10)32-38;1-5-6(2,3)4/h11,13,17,27,32-37,40-47H,12,14-16,18-26,28-31H2,1-10H3,(H6-,58,59,60,61,62,63,66,68,69,70,71,72);1H3,(H,2,3,4)/t35-,36+,37+,40-,41+,42-,43+,44+,45+,46+,47+,56+,57-;/m1./s1. The van der Waals surface area contributed by atoms with Crippen LogP contribution in [0.3, 0.4) is 0 Å². The minimum absolute atomic E-state index is 0.0786. The molecule has 7 N–H and O–H groups in total. The van der Waals surface area contributed by atoms with Gasteiger partial charge >= 0.3 is 5.97 Å². The van der Waals surface area contributed by atoms with Crippen LogP contribution in [0.5, 0.6) is 0 Å². The van der Waals surface area contributed by atoms with E-state index in [2.05, 4.69) is 71.5 Å². The smallest absolute Gasteiger partial charge is 0.325 e. The minimum Gasteiger partial charge on any atom is -0.726 e. The molecule has 1 aliphatic heterocycles. The summed E-state index contributed by atoms with van der Waals surface area (Å²) in [5.41, 5.74) is 7.71. The first-order chi connectivity index (χ1) is 37.5. The fourth-order valence-electron chi connectivity index (χ4n) is 13.8. The molecule has 1 aromatic heterocycles. The summed E-state index contributed by atoms with van der Waals surface area (Å²) in [6.07, 6.45) is 17.7. The van der Waals surface area contributed by atoms with Crippen molar-refractivity contribution in [2.24, 2.45) is 65.0 Å². The van der Waals surface area contributed by atoms with Crippen molar-refractivity contribution in [3.8, 4) is 0 Å². The van der Waals surface area contributed by atoms with Crippen LogP contribution < -0.4 is 36.9 Å². The number of hydrogen-bond acceptors (Lipinski definition) is 13. The van der Waals surface area contributed by atoms with Crippen molar-refractivity contribution in [2.45, 2.75) is 195 Å². The van der Waals surface area contributed by atoms with Gasteiger partial charge in [0.15, 0.2) is 12.4 Å². The van der Waals surface area contributed by atoms with E-state index in [1.165, 1.54) is 62.8 Å². The van der Waals surface area contributed by atoms with Crippen molar-refractivity contribution in [1.29, 1.82) is 0 Å². The molecule has 5 aliphatic rings. The van der Waals surface area contributed by atoms with Gasteiger partial charge in [0.1, 0.15) is 55.5 Å². The van der Waals surface area contributed by atoms with Crippen LogP contribution in [0.15, 0.2) is 36.2 Å². The first kappa shape index (κ1) is 65.3. The van der Waals surface area contributed by atoms with Gasteiger partial charge in [0, 0.05) is 25.5 Å². The number of aromatic nitrogens is 1. The number of nitrogens with two attached hydrogens (primary N) is 1. The quantitative estimate of drug-likeness (QED) is 0.0295. The van der Waals surface area contributed by atoms with E-state index in [4.69, 9.17) is 10.5 Å². The van der Waals surface area contributed by atoms with Gasteiger partial charge in [-0.3, -0.25) is 42.5 Å². The minimum atomic E-state index is -4.41. The van der Waals surface area contributed by atoms with E-state index in [1.54, 1.807) is 36.1 Å². The van der Waals surface area contributed by atoms with Crippen molar-refractivity contribution >= 4 is 57.7 Å². The Bertz CT molecular complexity index is 2540. The topological polar surface area (TPSA) is 306 Å². The van der Waals surface area contributed by atoms with Crippen LogP contribution in [0.4, 0.5) is 0 Å². The number of rotatable bonds is 23. The predicted molar refractivity (Wildman–Crippen MR) is 297 cm³/mol. The summed E-state index contributed by atoms with van der Waals surface area (Å²) in [4.78, 5) is 108. The van der Waals surface area contributed by atoms with Gasteiger partial charge in [-0.25, -0.2) is 13.0 Å². The third-order valence-corrected chi connectivity index (χ3v) is 18.5. The predicted octanol–water partition coefficient (Wildman–Crippen LogP) is 4.18. The van der Waals surface area contributed by atoms with E-state index in [1.807, 2.05) is 13.8 Å². The molecule has 21 nitrogen and oxygen atoms in total. The largest absolute Gasteiger partial charge is 0.726 e. The summed E-state index contributed by atoms with van der Waals surface area (Å²) < 4.78 is 38.8. The number of aryl methyl sites for hydroxylation is 1. The van der Waals surface area contributed by atoms with Crippen LogP contribution >= 0.6 is 0 Å². The van der Waals surface area contributed by atoms with Crippen LogP contribution in [0.2, 0.25) is 0 Å². The second kappa shape index (κ2) is 28.5. The Morgan fingerprint density at radius 3 is 2.12 bits per heavy atom. The number of nitrogens with zero attached hydrogens (tertiary/aromatic N) is 2.